The van der Waals surface area contributed by atoms with E-state index in [-0.39, 0.29) is 0 Å². The smallest absolute Gasteiger partial charge is 0.0647 e. The molecule has 1 aliphatic carbocycles. The quantitative estimate of drug-likeness (QED) is 0.0983. The summed E-state index contributed by atoms with van der Waals surface area (Å²) in [6.07, 6.45) is 24.3. The van der Waals surface area contributed by atoms with Gasteiger partial charge in [-0.15, -0.1) is 0 Å². The number of hydrogen-bond acceptors (Lipinski definition) is 4. The molecular weight excluding hydrogens is 1430 g/mol. The molecule has 8 heterocycles. The number of H-pyrrole nitrogens is 4. The summed E-state index contributed by atoms with van der Waals surface area (Å²) in [7, 11) is 0. The fourth-order valence-corrected chi connectivity index (χ4v) is 20.8. The molecular formula is C98H108Cl4N8. The number of aryl methyl sites for hydroxylation is 4. The van der Waals surface area contributed by atoms with Crippen LogP contribution in [0.1, 0.15) is 181 Å². The van der Waals surface area contributed by atoms with Gasteiger partial charge < -0.3 is 24.8 Å². The summed E-state index contributed by atoms with van der Waals surface area (Å²) in [6.45, 7) is 22.7. The lowest BCUT2D eigenvalue weighted by Crippen LogP contribution is -2.36. The highest BCUT2D eigenvalue weighted by Crippen LogP contribution is 2.42. The van der Waals surface area contributed by atoms with Crippen LogP contribution in [0, 0.1) is 33.6 Å². The summed E-state index contributed by atoms with van der Waals surface area (Å²) in [4.78, 5) is 24.5. The van der Waals surface area contributed by atoms with Crippen molar-refractivity contribution in [1.29, 1.82) is 0 Å². The molecule has 4 aliphatic heterocycles. The molecule has 19 rings (SSSR count). The Morgan fingerprint density at radius 3 is 1.18 bits per heavy atom. The lowest BCUT2D eigenvalue weighted by Gasteiger charge is -2.35. The highest BCUT2D eigenvalue weighted by molar-refractivity contribution is 6.35. The molecule has 5 fully saturated rings. The van der Waals surface area contributed by atoms with Gasteiger partial charge in [0.15, 0.2) is 0 Å². The Kier molecular flexibility index (Phi) is 24.3. The van der Waals surface area contributed by atoms with E-state index in [2.05, 4.69) is 243 Å². The minimum Gasteiger partial charge on any atom is -0.360 e. The summed E-state index contributed by atoms with van der Waals surface area (Å²) in [5, 5.41) is 16.8. The summed E-state index contributed by atoms with van der Waals surface area (Å²) < 4.78 is 0. The summed E-state index contributed by atoms with van der Waals surface area (Å²) in [5.74, 6) is 3.45. The highest BCUT2D eigenvalue weighted by atomic mass is 35.5. The zero-order chi connectivity index (χ0) is 75.2. The molecule has 568 valence electrons. The fraction of sp³-hybridized carbons (Fsp3) is 0.367. The van der Waals surface area contributed by atoms with E-state index in [1.54, 1.807) is 0 Å². The van der Waals surface area contributed by atoms with Crippen molar-refractivity contribution in [2.75, 3.05) is 58.9 Å². The minimum atomic E-state index is 0.604. The lowest BCUT2D eigenvalue weighted by molar-refractivity contribution is 0.169. The van der Waals surface area contributed by atoms with Gasteiger partial charge in [0.05, 0.1) is 21.1 Å². The van der Waals surface area contributed by atoms with Crippen LogP contribution in [0.5, 0.6) is 0 Å². The van der Waals surface area contributed by atoms with Crippen LogP contribution < -0.4 is 0 Å². The molecule has 110 heavy (non-hydrogen) atoms. The predicted octanol–water partition coefficient (Wildman–Crippen LogP) is 26.7. The van der Waals surface area contributed by atoms with Crippen molar-refractivity contribution < 1.29 is 0 Å². The monoisotopic (exact) mass is 1540 g/mol. The summed E-state index contributed by atoms with van der Waals surface area (Å²) in [5.41, 5.74) is 20.2. The molecule has 0 amide bonds. The van der Waals surface area contributed by atoms with Crippen molar-refractivity contribution in [2.24, 2.45) is 5.92 Å². The lowest BCUT2D eigenvalue weighted by atomic mass is 9.86. The van der Waals surface area contributed by atoms with E-state index in [0.29, 0.717) is 23.7 Å². The number of aromatic nitrogens is 4. The SMILES string of the molecule is Cc1[nH]c2ccc(Cl)cc2c1C1CCN(CC2CCCCCCC2)CC1.Cc1[nH]c2ccc(Cl)cc2c1C1CCN(Cc2cccc3cccc(C)c23)CC1.Cc1cccc2cccc(CN3CCC(c4c[nH]c5c(Cl)cccc45)CC3)c12.Clc1cccc2c(C3CCN(Cc4cccc5ccccc45)CC3)c[nH]c12. The van der Waals surface area contributed by atoms with Crippen molar-refractivity contribution in [1.82, 2.24) is 39.5 Å². The van der Waals surface area contributed by atoms with Crippen molar-refractivity contribution in [3.05, 3.63) is 282 Å². The molecule has 4 saturated heterocycles. The first-order valence-electron chi connectivity index (χ1n) is 41.2. The van der Waals surface area contributed by atoms with E-state index in [1.807, 2.05) is 24.3 Å². The number of likely N-dealkylation sites (tertiary alicyclic amines) is 4. The Labute approximate surface area is 671 Å². The normalized spacial score (nSPS) is 17.5. The molecule has 0 unspecified atom stereocenters. The van der Waals surface area contributed by atoms with Crippen LogP contribution in [0.3, 0.4) is 0 Å². The first-order valence-corrected chi connectivity index (χ1v) is 42.7. The number of rotatable bonds is 12. The number of fused-ring (bicyclic) bond motifs is 7. The van der Waals surface area contributed by atoms with E-state index in [9.17, 15) is 0 Å². The third-order valence-electron chi connectivity index (χ3n) is 25.6. The Hall–Kier alpha value is -7.86. The topological polar surface area (TPSA) is 76.1 Å². The number of halogens is 4. The van der Waals surface area contributed by atoms with Crippen LogP contribution >= 0.6 is 46.4 Å². The van der Waals surface area contributed by atoms with Gasteiger partial charge in [0.25, 0.3) is 0 Å². The van der Waals surface area contributed by atoms with Gasteiger partial charge in [-0.3, -0.25) is 14.7 Å². The number of para-hydroxylation sites is 2. The highest BCUT2D eigenvalue weighted by Gasteiger charge is 2.30. The van der Waals surface area contributed by atoms with Crippen LogP contribution in [0.25, 0.3) is 75.9 Å². The maximum absolute atomic E-state index is 6.34. The zero-order valence-electron chi connectivity index (χ0n) is 64.8. The first-order chi connectivity index (χ1) is 53.8. The van der Waals surface area contributed by atoms with Crippen LogP contribution in [-0.2, 0) is 19.6 Å². The van der Waals surface area contributed by atoms with Crippen LogP contribution in [0.15, 0.2) is 200 Å². The van der Waals surface area contributed by atoms with Crippen LogP contribution in [0.2, 0.25) is 20.1 Å². The standard InChI is InChI=1S/C26H27ClN2.C25H25ClN2.C24H23ClN2.C23H33ClN2/c1-17-5-3-6-19-7-4-8-21(25(17)19)16-29-13-11-20(12-14-29)26-18(2)28-24-10-9-22(27)15-23(24)26;1-17-5-2-6-19-7-3-8-20(24(17)19)16-28-13-11-18(12-14-28)22-15-27-25-21(22)9-4-10-23(25)26;25-23-10-4-9-21-22(15-26-24(21)23)18-11-13-27(14-12-18)16-19-7-3-6-17-5-1-2-8-20(17)19;1-17-23(21-15-20(24)9-10-22(21)25-17)19-11-13-26(14-12-19)16-18-7-5-3-2-4-6-8-18/h3-10,15,20,28H,11-14,16H2,1-2H3;2-10,15,18,27H,11-14,16H2,1H3;1-10,15,18,26H,11-14,16H2;9-10,15,18-19,25H,2-8,11-14,16H2,1H3. The van der Waals surface area contributed by atoms with Gasteiger partial charge in [0.1, 0.15) is 0 Å². The molecule has 0 spiro atoms. The maximum Gasteiger partial charge on any atom is 0.0647 e. The molecule has 1 saturated carbocycles. The average Bonchev–Trinajstić information content (AvgIpc) is 1.64. The van der Waals surface area contributed by atoms with Gasteiger partial charge in [-0.2, -0.15) is 0 Å². The molecule has 0 bridgehead atoms. The number of benzene rings is 10. The molecule has 4 aromatic heterocycles. The molecule has 10 aromatic carbocycles. The Bertz CT molecular complexity index is 5450. The molecule has 0 atom stereocenters. The zero-order valence-corrected chi connectivity index (χ0v) is 67.9. The van der Waals surface area contributed by atoms with E-state index in [0.717, 1.165) is 95.9 Å². The fourth-order valence-electron chi connectivity index (χ4n) is 20.0. The Morgan fingerprint density at radius 2 is 0.709 bits per heavy atom. The minimum absolute atomic E-state index is 0.604. The second kappa shape index (κ2) is 35.0. The molecule has 14 aromatic rings. The molecule has 12 heteroatoms. The van der Waals surface area contributed by atoms with Crippen LogP contribution in [0.4, 0.5) is 0 Å². The molecule has 0 radical (unpaired) electrons. The van der Waals surface area contributed by atoms with E-state index in [1.165, 1.54) is 242 Å². The van der Waals surface area contributed by atoms with E-state index < -0.39 is 0 Å². The largest absolute Gasteiger partial charge is 0.360 e. The number of nitrogens with zero attached hydrogens (tertiary/aromatic N) is 4. The van der Waals surface area contributed by atoms with Gasteiger partial charge in [-0.05, 0) is 305 Å². The maximum atomic E-state index is 6.34. The van der Waals surface area contributed by atoms with E-state index >= 15 is 0 Å². The van der Waals surface area contributed by atoms with Crippen molar-refractivity contribution in [3.8, 4) is 0 Å². The molecule has 8 nitrogen and oxygen atoms in total. The van der Waals surface area contributed by atoms with Gasteiger partial charge >= 0.3 is 0 Å². The van der Waals surface area contributed by atoms with E-state index in [4.69, 9.17) is 46.4 Å². The molecule has 5 aliphatic rings. The number of nitrogens with one attached hydrogen (secondary N) is 4. The summed E-state index contributed by atoms with van der Waals surface area (Å²) in [6, 6.07) is 66.9. The third kappa shape index (κ3) is 17.2. The second-order valence-corrected chi connectivity index (χ2v) is 34.5. The average molecular weight is 1540 g/mol. The third-order valence-corrected chi connectivity index (χ3v) is 26.7. The van der Waals surface area contributed by atoms with Crippen molar-refractivity contribution >= 4 is 122 Å². The predicted molar refractivity (Wildman–Crippen MR) is 470 cm³/mol. The van der Waals surface area contributed by atoms with Crippen LogP contribution in [-0.4, -0.2) is 98.4 Å². The first kappa shape index (κ1) is 76.1. The number of hydrogen-bond donors (Lipinski definition) is 4. The van der Waals surface area contributed by atoms with Gasteiger partial charge in [-0.25, -0.2) is 0 Å². The van der Waals surface area contributed by atoms with Gasteiger partial charge in [-0.1, -0.05) is 218 Å². The number of piperidine rings is 4. The second-order valence-electron chi connectivity index (χ2n) is 32.8. The number of aromatic amines is 4. The van der Waals surface area contributed by atoms with Gasteiger partial charge in [0.2, 0.25) is 0 Å². The Balaban J connectivity index is 0.000000111. The van der Waals surface area contributed by atoms with Crippen molar-refractivity contribution in [3.63, 3.8) is 0 Å². The summed E-state index contributed by atoms with van der Waals surface area (Å²) >= 11 is 25.2. The Morgan fingerprint density at radius 1 is 0.336 bits per heavy atom. The van der Waals surface area contributed by atoms with Gasteiger partial charge in [0, 0.05) is 92.6 Å². The van der Waals surface area contributed by atoms with Crippen molar-refractivity contribution in [2.45, 2.75) is 167 Å². The molecule has 4 N–H and O–H groups in total.